The molecule has 1 aromatic carbocycles. The molecule has 1 aliphatic heterocycles. The lowest BCUT2D eigenvalue weighted by Gasteiger charge is -2.11. The number of anilines is 2. The molecule has 0 saturated carbocycles. The van der Waals surface area contributed by atoms with Crippen molar-refractivity contribution >= 4 is 23.2 Å². The summed E-state index contributed by atoms with van der Waals surface area (Å²) in [5.41, 5.74) is 2.26. The van der Waals surface area contributed by atoms with E-state index in [-0.39, 0.29) is 23.6 Å². The Morgan fingerprint density at radius 3 is 2.38 bits per heavy atom. The minimum Gasteiger partial charge on any atom is -0.368 e. The highest BCUT2D eigenvalue weighted by Crippen LogP contribution is 2.17. The lowest BCUT2D eigenvalue weighted by atomic mass is 10.2. The van der Waals surface area contributed by atoms with Crippen LogP contribution in [0.4, 0.5) is 11.4 Å². The van der Waals surface area contributed by atoms with Crippen molar-refractivity contribution < 1.29 is 14.3 Å². The van der Waals surface area contributed by atoms with Crippen LogP contribution in [0.3, 0.4) is 0 Å². The van der Waals surface area contributed by atoms with Gasteiger partial charge in [-0.1, -0.05) is 0 Å². The summed E-state index contributed by atoms with van der Waals surface area (Å²) in [5.74, 6) is -0.474. The van der Waals surface area contributed by atoms with Crippen LogP contribution in [0.1, 0.15) is 29.0 Å². The van der Waals surface area contributed by atoms with Crippen molar-refractivity contribution in [3.8, 4) is 0 Å². The zero-order chi connectivity index (χ0) is 16.9. The number of hydrogen-bond acceptors (Lipinski definition) is 5. The molecule has 1 aromatic heterocycles. The highest BCUT2D eigenvalue weighted by Gasteiger charge is 2.23. The zero-order valence-corrected chi connectivity index (χ0v) is 13.3. The van der Waals surface area contributed by atoms with Crippen molar-refractivity contribution in [1.29, 1.82) is 0 Å². The number of ether oxygens (including phenoxy) is 1. The molecule has 0 aliphatic carbocycles. The molecule has 124 valence electrons. The van der Waals surface area contributed by atoms with Crippen LogP contribution in [0.15, 0.2) is 36.7 Å². The van der Waals surface area contributed by atoms with E-state index in [0.29, 0.717) is 18.0 Å². The van der Waals surface area contributed by atoms with Gasteiger partial charge in [-0.15, -0.1) is 0 Å². The van der Waals surface area contributed by atoms with Gasteiger partial charge in [-0.05, 0) is 44.0 Å². The van der Waals surface area contributed by atoms with Gasteiger partial charge >= 0.3 is 0 Å². The molecular formula is C17H18N4O3. The second kappa shape index (κ2) is 7.18. The molecule has 1 unspecified atom stereocenters. The monoisotopic (exact) mass is 326 g/mol. The number of carbonyl (C=O) groups is 2. The fraction of sp³-hybridized carbons (Fsp3) is 0.294. The Labute approximate surface area is 139 Å². The molecule has 1 saturated heterocycles. The van der Waals surface area contributed by atoms with Crippen LogP contribution in [0.5, 0.6) is 0 Å². The number of hydrogen-bond donors (Lipinski definition) is 2. The third kappa shape index (κ3) is 3.94. The third-order valence-corrected chi connectivity index (χ3v) is 3.65. The Morgan fingerprint density at radius 2 is 1.79 bits per heavy atom. The second-order valence-electron chi connectivity index (χ2n) is 5.57. The van der Waals surface area contributed by atoms with Crippen LogP contribution in [-0.4, -0.2) is 34.5 Å². The molecule has 2 N–H and O–H groups in total. The average molecular weight is 326 g/mol. The van der Waals surface area contributed by atoms with E-state index < -0.39 is 0 Å². The highest BCUT2D eigenvalue weighted by atomic mass is 16.5. The molecule has 2 amide bonds. The number of nitrogens with one attached hydrogen (secondary N) is 2. The smallest absolute Gasteiger partial charge is 0.275 e. The normalized spacial score (nSPS) is 16.6. The number of rotatable bonds is 4. The Kier molecular flexibility index (Phi) is 4.81. The third-order valence-electron chi connectivity index (χ3n) is 3.65. The summed E-state index contributed by atoms with van der Waals surface area (Å²) >= 11 is 0. The van der Waals surface area contributed by atoms with Gasteiger partial charge in [0, 0.05) is 24.2 Å². The molecule has 0 spiro atoms. The van der Waals surface area contributed by atoms with Gasteiger partial charge in [-0.25, -0.2) is 4.98 Å². The molecule has 0 bridgehead atoms. The second-order valence-corrected chi connectivity index (χ2v) is 5.57. The summed E-state index contributed by atoms with van der Waals surface area (Å²) < 4.78 is 5.34. The number of carbonyl (C=O) groups excluding carboxylic acids is 2. The number of benzene rings is 1. The maximum atomic E-state index is 12.1. The van der Waals surface area contributed by atoms with Crippen LogP contribution in [-0.2, 0) is 9.53 Å². The Balaban J connectivity index is 1.58. The van der Waals surface area contributed by atoms with E-state index in [1.807, 2.05) is 0 Å². The van der Waals surface area contributed by atoms with Gasteiger partial charge in [-0.2, -0.15) is 0 Å². The minimum atomic E-state index is -0.371. The van der Waals surface area contributed by atoms with Crippen molar-refractivity contribution in [2.75, 3.05) is 17.2 Å². The van der Waals surface area contributed by atoms with Crippen molar-refractivity contribution in [1.82, 2.24) is 9.97 Å². The maximum absolute atomic E-state index is 12.1. The lowest BCUT2D eigenvalue weighted by molar-refractivity contribution is -0.124. The number of nitrogens with zero attached hydrogens (tertiary/aromatic N) is 2. The summed E-state index contributed by atoms with van der Waals surface area (Å²) in [5, 5.41) is 5.54. The van der Waals surface area contributed by atoms with E-state index in [2.05, 4.69) is 20.6 Å². The highest BCUT2D eigenvalue weighted by molar-refractivity contribution is 6.02. The molecule has 2 aromatic rings. The zero-order valence-electron chi connectivity index (χ0n) is 13.3. The number of amides is 2. The Bertz CT molecular complexity index is 723. The van der Waals surface area contributed by atoms with Crippen molar-refractivity contribution in [2.45, 2.75) is 25.9 Å². The molecule has 24 heavy (non-hydrogen) atoms. The molecule has 1 fully saturated rings. The number of aryl methyl sites for hydroxylation is 1. The van der Waals surface area contributed by atoms with E-state index >= 15 is 0 Å². The predicted octanol–water partition coefficient (Wildman–Crippen LogP) is 2.15. The van der Waals surface area contributed by atoms with E-state index in [1.165, 1.54) is 6.20 Å². The average Bonchev–Trinajstić information content (AvgIpc) is 3.12. The molecule has 7 nitrogen and oxygen atoms in total. The topological polar surface area (TPSA) is 93.2 Å². The Hall–Kier alpha value is -2.80. The summed E-state index contributed by atoms with van der Waals surface area (Å²) in [6.07, 6.45) is 4.26. The molecular weight excluding hydrogens is 308 g/mol. The van der Waals surface area contributed by atoms with Gasteiger partial charge in [0.1, 0.15) is 11.8 Å². The van der Waals surface area contributed by atoms with Gasteiger partial charge in [0.05, 0.1) is 11.9 Å². The van der Waals surface area contributed by atoms with E-state index in [0.717, 1.165) is 18.5 Å². The molecule has 3 rings (SSSR count). The van der Waals surface area contributed by atoms with Crippen LogP contribution >= 0.6 is 0 Å². The first-order valence-electron chi connectivity index (χ1n) is 7.74. The Morgan fingerprint density at radius 1 is 1.08 bits per heavy atom. The van der Waals surface area contributed by atoms with Crippen LogP contribution < -0.4 is 10.6 Å². The van der Waals surface area contributed by atoms with Gasteiger partial charge in [-0.3, -0.25) is 14.6 Å². The molecule has 1 aliphatic rings. The standard InChI is InChI=1S/C17H18N4O3/c1-11-9-19-14(10-18-11)16(22)20-12-4-6-13(7-5-12)21-17(23)15-3-2-8-24-15/h4-7,9-10,15H,2-3,8H2,1H3,(H,20,22)(H,21,23). The minimum absolute atomic E-state index is 0.140. The largest absolute Gasteiger partial charge is 0.368 e. The van der Waals surface area contributed by atoms with Crippen molar-refractivity contribution in [3.05, 3.63) is 48.0 Å². The van der Waals surface area contributed by atoms with E-state index in [1.54, 1.807) is 37.4 Å². The van der Waals surface area contributed by atoms with Crippen molar-refractivity contribution in [2.24, 2.45) is 0 Å². The fourth-order valence-electron chi connectivity index (χ4n) is 2.35. The molecule has 7 heteroatoms. The first-order chi connectivity index (χ1) is 11.6. The predicted molar refractivity (Wildman–Crippen MR) is 88.8 cm³/mol. The van der Waals surface area contributed by atoms with Gasteiger partial charge < -0.3 is 15.4 Å². The molecule has 2 heterocycles. The summed E-state index contributed by atoms with van der Waals surface area (Å²) in [4.78, 5) is 32.1. The molecule has 1 atom stereocenters. The summed E-state index contributed by atoms with van der Waals surface area (Å²) in [6, 6.07) is 6.88. The van der Waals surface area contributed by atoms with Crippen LogP contribution in [0.2, 0.25) is 0 Å². The van der Waals surface area contributed by atoms with Gasteiger partial charge in [0.2, 0.25) is 0 Å². The quantitative estimate of drug-likeness (QED) is 0.898. The van der Waals surface area contributed by atoms with Crippen LogP contribution in [0, 0.1) is 6.92 Å². The fourth-order valence-corrected chi connectivity index (χ4v) is 2.35. The molecule has 0 radical (unpaired) electrons. The van der Waals surface area contributed by atoms with Crippen molar-refractivity contribution in [3.63, 3.8) is 0 Å². The first-order valence-corrected chi connectivity index (χ1v) is 7.74. The summed E-state index contributed by atoms with van der Waals surface area (Å²) in [7, 11) is 0. The van der Waals surface area contributed by atoms with E-state index in [4.69, 9.17) is 4.74 Å². The van der Waals surface area contributed by atoms with Gasteiger partial charge in [0.25, 0.3) is 11.8 Å². The number of aromatic nitrogens is 2. The summed E-state index contributed by atoms with van der Waals surface area (Å²) in [6.45, 7) is 2.43. The van der Waals surface area contributed by atoms with Crippen LogP contribution in [0.25, 0.3) is 0 Å². The van der Waals surface area contributed by atoms with Gasteiger partial charge in [0.15, 0.2) is 0 Å². The SMILES string of the molecule is Cc1cnc(C(=O)Nc2ccc(NC(=O)C3CCCO3)cc2)cn1. The first kappa shape index (κ1) is 16.1. The maximum Gasteiger partial charge on any atom is 0.275 e. The lowest BCUT2D eigenvalue weighted by Crippen LogP contribution is -2.26. The van der Waals surface area contributed by atoms with E-state index in [9.17, 15) is 9.59 Å².